The van der Waals surface area contributed by atoms with Crippen molar-refractivity contribution < 1.29 is 0 Å². The van der Waals surface area contributed by atoms with Gasteiger partial charge in [0.25, 0.3) is 0 Å². The molecule has 0 N–H and O–H groups in total. The van der Waals surface area contributed by atoms with E-state index in [1.165, 1.54) is 5.56 Å². The Balaban J connectivity index is 1.80. The van der Waals surface area contributed by atoms with Crippen LogP contribution in [0.15, 0.2) is 78.3 Å². The second-order valence-corrected chi connectivity index (χ2v) is 5.99. The normalized spacial score (nSPS) is 11.6. The fourth-order valence-electron chi connectivity index (χ4n) is 1.88. The summed E-state index contributed by atoms with van der Waals surface area (Å²) in [5, 5.41) is 1.64. The van der Waals surface area contributed by atoms with Crippen LogP contribution >= 0.6 is 23.4 Å². The highest BCUT2D eigenvalue weighted by Crippen LogP contribution is 2.20. The van der Waals surface area contributed by atoms with E-state index in [4.69, 9.17) is 16.6 Å². The molecule has 0 atom stereocenters. The maximum atomic E-state index is 5.92. The lowest BCUT2D eigenvalue weighted by Gasteiger charge is -2.07. The highest BCUT2D eigenvalue weighted by Gasteiger charge is 2.05. The van der Waals surface area contributed by atoms with E-state index in [0.717, 1.165) is 21.6 Å². The third-order valence-corrected chi connectivity index (χ3v) is 4.28. The zero-order valence-electron chi connectivity index (χ0n) is 11.8. The molecular formula is C17H14ClN3S. The lowest BCUT2D eigenvalue weighted by Crippen LogP contribution is -2.05. The van der Waals surface area contributed by atoms with Crippen LogP contribution in [-0.2, 0) is 5.75 Å². The third kappa shape index (κ3) is 4.00. The number of aliphatic imine (C=N–C) groups is 1. The van der Waals surface area contributed by atoms with Gasteiger partial charge in [0.05, 0.1) is 5.69 Å². The molecule has 0 saturated heterocycles. The van der Waals surface area contributed by atoms with Gasteiger partial charge in [-0.05, 0) is 29.8 Å². The third-order valence-electron chi connectivity index (χ3n) is 2.99. The summed E-state index contributed by atoms with van der Waals surface area (Å²) in [4.78, 5) is 8.81. The van der Waals surface area contributed by atoms with E-state index in [1.54, 1.807) is 24.3 Å². The number of aromatic nitrogens is 2. The van der Waals surface area contributed by atoms with Gasteiger partial charge in [0, 0.05) is 23.2 Å². The minimum Gasteiger partial charge on any atom is -0.285 e. The van der Waals surface area contributed by atoms with E-state index in [1.807, 2.05) is 65.4 Å². The number of benzene rings is 2. The van der Waals surface area contributed by atoms with Crippen molar-refractivity contribution in [2.24, 2.45) is 4.99 Å². The van der Waals surface area contributed by atoms with Crippen molar-refractivity contribution >= 4 is 34.2 Å². The Morgan fingerprint density at radius 1 is 1.09 bits per heavy atom. The molecule has 110 valence electrons. The average molecular weight is 328 g/mol. The van der Waals surface area contributed by atoms with Gasteiger partial charge in [-0.15, -0.1) is 0 Å². The Bertz CT molecular complexity index is 737. The fraction of sp³-hybridized carbons (Fsp3) is 0.0588. The Hall–Kier alpha value is -2.04. The molecule has 22 heavy (non-hydrogen) atoms. The first-order valence-electron chi connectivity index (χ1n) is 6.80. The topological polar surface area (TPSA) is 30.2 Å². The zero-order valence-corrected chi connectivity index (χ0v) is 13.3. The Kier molecular flexibility index (Phi) is 4.93. The van der Waals surface area contributed by atoms with E-state index in [2.05, 4.69) is 4.98 Å². The summed E-state index contributed by atoms with van der Waals surface area (Å²) in [6.45, 7) is 0. The fourth-order valence-corrected chi connectivity index (χ4v) is 2.92. The molecule has 3 aromatic rings. The molecule has 0 spiro atoms. The lowest BCUT2D eigenvalue weighted by atomic mass is 10.2. The number of hydrogen-bond acceptors (Lipinski definition) is 3. The van der Waals surface area contributed by atoms with Crippen molar-refractivity contribution in [1.82, 2.24) is 9.55 Å². The highest BCUT2D eigenvalue weighted by molar-refractivity contribution is 8.13. The standard InChI is InChI=1S/C17H14ClN3S/c18-15-8-6-14(7-9-15)12-22-17(21-11-10-19-13-21)20-16-4-2-1-3-5-16/h1-11,13H,12H2. The van der Waals surface area contributed by atoms with Crippen LogP contribution in [-0.4, -0.2) is 14.7 Å². The van der Waals surface area contributed by atoms with Gasteiger partial charge in [-0.1, -0.05) is 53.7 Å². The molecule has 2 aromatic carbocycles. The maximum Gasteiger partial charge on any atom is 0.174 e. The van der Waals surface area contributed by atoms with Crippen LogP contribution in [0.2, 0.25) is 5.02 Å². The lowest BCUT2D eigenvalue weighted by molar-refractivity contribution is 1.15. The highest BCUT2D eigenvalue weighted by atomic mass is 35.5. The van der Waals surface area contributed by atoms with Crippen molar-refractivity contribution in [3.63, 3.8) is 0 Å². The quantitative estimate of drug-likeness (QED) is 0.500. The molecule has 1 aromatic heterocycles. The van der Waals surface area contributed by atoms with Crippen LogP contribution in [0.3, 0.4) is 0 Å². The molecule has 0 aliphatic carbocycles. The second-order valence-electron chi connectivity index (χ2n) is 4.62. The van der Waals surface area contributed by atoms with Gasteiger partial charge in [0.1, 0.15) is 6.33 Å². The van der Waals surface area contributed by atoms with Crippen LogP contribution < -0.4 is 0 Å². The molecule has 1 heterocycles. The van der Waals surface area contributed by atoms with E-state index < -0.39 is 0 Å². The predicted octanol–water partition coefficient (Wildman–Crippen LogP) is 5.01. The Morgan fingerprint density at radius 2 is 1.86 bits per heavy atom. The molecule has 0 aliphatic heterocycles. The van der Waals surface area contributed by atoms with Gasteiger partial charge in [0.15, 0.2) is 5.17 Å². The molecule has 0 fully saturated rings. The number of nitrogens with zero attached hydrogens (tertiary/aromatic N) is 3. The zero-order chi connectivity index (χ0) is 15.2. The van der Waals surface area contributed by atoms with Crippen molar-refractivity contribution in [2.45, 2.75) is 5.75 Å². The molecular weight excluding hydrogens is 314 g/mol. The molecule has 0 saturated carbocycles. The number of rotatable bonds is 3. The van der Waals surface area contributed by atoms with Crippen LogP contribution in [0.25, 0.3) is 0 Å². The maximum absolute atomic E-state index is 5.92. The summed E-state index contributed by atoms with van der Waals surface area (Å²) in [5.74, 6) is 0.820. The number of para-hydroxylation sites is 1. The van der Waals surface area contributed by atoms with E-state index in [9.17, 15) is 0 Å². The van der Waals surface area contributed by atoms with Crippen molar-refractivity contribution in [2.75, 3.05) is 0 Å². The molecule has 3 rings (SSSR count). The summed E-state index contributed by atoms with van der Waals surface area (Å²) >= 11 is 7.58. The SMILES string of the molecule is Clc1ccc(CSC(=Nc2ccccc2)n2ccnc2)cc1. The van der Waals surface area contributed by atoms with Crippen molar-refractivity contribution in [3.8, 4) is 0 Å². The summed E-state index contributed by atoms with van der Waals surface area (Å²) in [5.41, 5.74) is 2.13. The number of thioether (sulfide) groups is 1. The number of imidazole rings is 1. The minimum absolute atomic E-state index is 0.751. The first-order valence-corrected chi connectivity index (χ1v) is 8.17. The van der Waals surface area contributed by atoms with Crippen molar-refractivity contribution in [3.05, 3.63) is 83.9 Å². The summed E-state index contributed by atoms with van der Waals surface area (Å²) in [7, 11) is 0. The van der Waals surface area contributed by atoms with Crippen molar-refractivity contribution in [1.29, 1.82) is 0 Å². The molecule has 0 radical (unpaired) electrons. The molecule has 0 unspecified atom stereocenters. The van der Waals surface area contributed by atoms with Gasteiger partial charge in [-0.25, -0.2) is 9.98 Å². The summed E-state index contributed by atoms with van der Waals surface area (Å²) in [6, 6.07) is 17.8. The second kappa shape index (κ2) is 7.29. The first-order chi connectivity index (χ1) is 10.8. The van der Waals surface area contributed by atoms with Gasteiger partial charge < -0.3 is 0 Å². The summed E-state index contributed by atoms with van der Waals surface area (Å²) < 4.78 is 1.92. The number of halogens is 1. The summed E-state index contributed by atoms with van der Waals surface area (Å²) in [6.07, 6.45) is 5.41. The van der Waals surface area contributed by atoms with E-state index in [-0.39, 0.29) is 0 Å². The Morgan fingerprint density at radius 3 is 2.55 bits per heavy atom. The molecule has 3 nitrogen and oxygen atoms in total. The predicted molar refractivity (Wildman–Crippen MR) is 93.9 cm³/mol. The van der Waals surface area contributed by atoms with Crippen LogP contribution in [0, 0.1) is 0 Å². The smallest absolute Gasteiger partial charge is 0.174 e. The number of hydrogen-bond donors (Lipinski definition) is 0. The first kappa shape index (κ1) is 14.9. The van der Waals surface area contributed by atoms with E-state index in [0.29, 0.717) is 0 Å². The van der Waals surface area contributed by atoms with E-state index >= 15 is 0 Å². The van der Waals surface area contributed by atoms with Crippen LogP contribution in [0.5, 0.6) is 0 Å². The van der Waals surface area contributed by atoms with Crippen LogP contribution in [0.1, 0.15) is 5.56 Å². The van der Waals surface area contributed by atoms with Crippen LogP contribution in [0.4, 0.5) is 5.69 Å². The minimum atomic E-state index is 0.751. The van der Waals surface area contributed by atoms with Gasteiger partial charge >= 0.3 is 0 Å². The largest absolute Gasteiger partial charge is 0.285 e. The molecule has 0 aliphatic rings. The van der Waals surface area contributed by atoms with Gasteiger partial charge in [-0.2, -0.15) is 0 Å². The average Bonchev–Trinajstić information content (AvgIpc) is 3.08. The Labute approximate surface area is 138 Å². The van der Waals surface area contributed by atoms with Gasteiger partial charge in [-0.3, -0.25) is 4.57 Å². The monoisotopic (exact) mass is 327 g/mol. The molecule has 5 heteroatoms. The molecule has 0 bridgehead atoms. The molecule has 0 amide bonds. The van der Waals surface area contributed by atoms with Gasteiger partial charge in [0.2, 0.25) is 0 Å².